The zero-order valence-electron chi connectivity index (χ0n) is 11.8. The Hall–Kier alpha value is -1.10. The Balaban J connectivity index is 1.94. The van der Waals surface area contributed by atoms with Crippen molar-refractivity contribution in [2.45, 2.75) is 32.6 Å². The number of benzene rings is 1. The monoisotopic (exact) mass is 264 g/mol. The molecule has 2 rings (SSSR count). The van der Waals surface area contributed by atoms with Crippen molar-refractivity contribution in [2.24, 2.45) is 5.73 Å². The molecule has 0 aliphatic carbocycles. The summed E-state index contributed by atoms with van der Waals surface area (Å²) in [5, 5.41) is 0. The van der Waals surface area contributed by atoms with Gasteiger partial charge in [0.2, 0.25) is 0 Å². The highest BCUT2D eigenvalue weighted by Crippen LogP contribution is 2.17. The van der Waals surface area contributed by atoms with E-state index < -0.39 is 0 Å². The van der Waals surface area contributed by atoms with E-state index in [1.54, 1.807) is 0 Å². The van der Waals surface area contributed by atoms with Crippen LogP contribution < -0.4 is 10.5 Å². The molecule has 19 heavy (non-hydrogen) atoms. The molecule has 1 aliphatic rings. The van der Waals surface area contributed by atoms with Gasteiger partial charge in [0.15, 0.2) is 0 Å². The Bertz CT molecular complexity index is 395. The van der Waals surface area contributed by atoms with Gasteiger partial charge in [0, 0.05) is 26.2 Å². The van der Waals surface area contributed by atoms with Crippen LogP contribution in [-0.4, -0.2) is 43.3 Å². The quantitative estimate of drug-likeness (QED) is 0.878. The highest BCUT2D eigenvalue weighted by molar-refractivity contribution is 5.28. The molecular weight excluding hydrogens is 240 g/mol. The van der Waals surface area contributed by atoms with Crippen molar-refractivity contribution >= 4 is 0 Å². The molecular formula is C15H24N2O2. The van der Waals surface area contributed by atoms with Crippen molar-refractivity contribution < 1.29 is 9.47 Å². The van der Waals surface area contributed by atoms with Gasteiger partial charge in [-0.3, -0.25) is 4.90 Å². The summed E-state index contributed by atoms with van der Waals surface area (Å²) < 4.78 is 11.3. The Morgan fingerprint density at radius 1 is 1.47 bits per heavy atom. The molecule has 1 heterocycles. The van der Waals surface area contributed by atoms with Crippen molar-refractivity contribution in [1.29, 1.82) is 0 Å². The van der Waals surface area contributed by atoms with Crippen LogP contribution in [0.1, 0.15) is 19.4 Å². The lowest BCUT2D eigenvalue weighted by atomic mass is 10.1. The van der Waals surface area contributed by atoms with Crippen molar-refractivity contribution in [3.63, 3.8) is 0 Å². The second kappa shape index (κ2) is 6.89. The minimum atomic E-state index is 0.170. The largest absolute Gasteiger partial charge is 0.491 e. The molecule has 4 nitrogen and oxygen atoms in total. The number of rotatable bonds is 5. The predicted octanol–water partition coefficient (Wildman–Crippen LogP) is 1.63. The fourth-order valence-corrected chi connectivity index (χ4v) is 2.31. The molecule has 1 saturated heterocycles. The first kappa shape index (κ1) is 14.3. The molecule has 2 N–H and O–H groups in total. The van der Waals surface area contributed by atoms with Crippen LogP contribution in [-0.2, 0) is 11.3 Å². The third-order valence-corrected chi connectivity index (χ3v) is 3.16. The normalized spacial score (nSPS) is 20.7. The molecule has 0 saturated carbocycles. The van der Waals surface area contributed by atoms with Gasteiger partial charge < -0.3 is 15.2 Å². The minimum absolute atomic E-state index is 0.170. The third kappa shape index (κ3) is 4.49. The van der Waals surface area contributed by atoms with Crippen LogP contribution in [0.4, 0.5) is 0 Å². The van der Waals surface area contributed by atoms with Crippen LogP contribution in [0, 0.1) is 0 Å². The van der Waals surface area contributed by atoms with Crippen LogP contribution in [0.5, 0.6) is 5.75 Å². The van der Waals surface area contributed by atoms with E-state index in [-0.39, 0.29) is 12.2 Å². The second-order valence-corrected chi connectivity index (χ2v) is 5.28. The van der Waals surface area contributed by atoms with Gasteiger partial charge in [-0.05, 0) is 31.5 Å². The van der Waals surface area contributed by atoms with Crippen molar-refractivity contribution in [2.75, 3.05) is 26.2 Å². The second-order valence-electron chi connectivity index (χ2n) is 5.28. The highest BCUT2D eigenvalue weighted by atomic mass is 16.5. The predicted molar refractivity (Wildman–Crippen MR) is 76.3 cm³/mol. The number of nitrogens with zero attached hydrogens (tertiary/aromatic N) is 1. The van der Waals surface area contributed by atoms with E-state index in [2.05, 4.69) is 17.0 Å². The van der Waals surface area contributed by atoms with E-state index >= 15 is 0 Å². The highest BCUT2D eigenvalue weighted by Gasteiger charge is 2.19. The van der Waals surface area contributed by atoms with Crippen LogP contribution >= 0.6 is 0 Å². The van der Waals surface area contributed by atoms with E-state index in [9.17, 15) is 0 Å². The van der Waals surface area contributed by atoms with Gasteiger partial charge in [-0.1, -0.05) is 12.1 Å². The van der Waals surface area contributed by atoms with Gasteiger partial charge in [0.1, 0.15) is 5.75 Å². The van der Waals surface area contributed by atoms with Gasteiger partial charge in [0.25, 0.3) is 0 Å². The molecule has 1 aromatic rings. The molecule has 1 unspecified atom stereocenters. The first-order valence-corrected chi connectivity index (χ1v) is 6.97. The molecule has 1 atom stereocenters. The van der Waals surface area contributed by atoms with E-state index in [0.717, 1.165) is 32.0 Å². The maximum absolute atomic E-state index is 5.72. The molecule has 4 heteroatoms. The SMILES string of the molecule is CC(C)Oc1cccc(CN2CCOC(CN)C2)c1. The summed E-state index contributed by atoms with van der Waals surface area (Å²) in [6.07, 6.45) is 0.379. The van der Waals surface area contributed by atoms with E-state index in [1.807, 2.05) is 26.0 Å². The molecule has 1 aromatic carbocycles. The van der Waals surface area contributed by atoms with Crippen LogP contribution in [0.3, 0.4) is 0 Å². The zero-order chi connectivity index (χ0) is 13.7. The third-order valence-electron chi connectivity index (χ3n) is 3.16. The molecule has 0 spiro atoms. The van der Waals surface area contributed by atoms with E-state index in [0.29, 0.717) is 6.54 Å². The number of nitrogens with two attached hydrogens (primary N) is 1. The summed E-state index contributed by atoms with van der Waals surface area (Å²) in [6.45, 7) is 8.24. The van der Waals surface area contributed by atoms with Gasteiger partial charge in [-0.25, -0.2) is 0 Å². The molecule has 1 aliphatic heterocycles. The first-order valence-electron chi connectivity index (χ1n) is 6.97. The molecule has 1 fully saturated rings. The van der Waals surface area contributed by atoms with Gasteiger partial charge in [-0.15, -0.1) is 0 Å². The Morgan fingerprint density at radius 3 is 3.05 bits per heavy atom. The average molecular weight is 264 g/mol. The van der Waals surface area contributed by atoms with Crippen molar-refractivity contribution in [3.8, 4) is 5.75 Å². The minimum Gasteiger partial charge on any atom is -0.491 e. The Kier molecular flexibility index (Phi) is 5.19. The Labute approximate surface area is 115 Å². The topological polar surface area (TPSA) is 47.7 Å². The number of ether oxygens (including phenoxy) is 2. The summed E-state index contributed by atoms with van der Waals surface area (Å²) in [6, 6.07) is 8.31. The fraction of sp³-hybridized carbons (Fsp3) is 0.600. The van der Waals surface area contributed by atoms with Gasteiger partial charge >= 0.3 is 0 Å². The summed E-state index contributed by atoms with van der Waals surface area (Å²) >= 11 is 0. The molecule has 0 amide bonds. The molecule has 0 bridgehead atoms. The lowest BCUT2D eigenvalue weighted by Crippen LogP contribution is -2.45. The van der Waals surface area contributed by atoms with Crippen molar-refractivity contribution in [1.82, 2.24) is 4.90 Å². The van der Waals surface area contributed by atoms with E-state index in [4.69, 9.17) is 15.2 Å². The first-order chi connectivity index (χ1) is 9.17. The summed E-state index contributed by atoms with van der Waals surface area (Å²) in [5.41, 5.74) is 6.94. The van der Waals surface area contributed by atoms with Crippen LogP contribution in [0.15, 0.2) is 24.3 Å². The average Bonchev–Trinajstić information content (AvgIpc) is 2.38. The van der Waals surface area contributed by atoms with Crippen LogP contribution in [0.2, 0.25) is 0 Å². The summed E-state index contributed by atoms with van der Waals surface area (Å²) in [5.74, 6) is 0.941. The standard InChI is InChI=1S/C15H24N2O2/c1-12(2)19-14-5-3-4-13(8-14)10-17-6-7-18-15(9-16)11-17/h3-5,8,12,15H,6-7,9-11,16H2,1-2H3. The van der Waals surface area contributed by atoms with Gasteiger partial charge in [0.05, 0.1) is 18.8 Å². The summed E-state index contributed by atoms with van der Waals surface area (Å²) in [7, 11) is 0. The molecule has 106 valence electrons. The van der Waals surface area contributed by atoms with E-state index in [1.165, 1.54) is 5.56 Å². The van der Waals surface area contributed by atoms with Crippen molar-refractivity contribution in [3.05, 3.63) is 29.8 Å². The number of morpholine rings is 1. The maximum atomic E-state index is 5.72. The van der Waals surface area contributed by atoms with Crippen LogP contribution in [0.25, 0.3) is 0 Å². The summed E-state index contributed by atoms with van der Waals surface area (Å²) in [4.78, 5) is 2.38. The number of hydrogen-bond acceptors (Lipinski definition) is 4. The maximum Gasteiger partial charge on any atom is 0.120 e. The smallest absolute Gasteiger partial charge is 0.120 e. The number of hydrogen-bond donors (Lipinski definition) is 1. The molecule has 0 aromatic heterocycles. The molecule has 0 radical (unpaired) electrons. The fourth-order valence-electron chi connectivity index (χ4n) is 2.31. The van der Waals surface area contributed by atoms with Gasteiger partial charge in [-0.2, -0.15) is 0 Å². The lowest BCUT2D eigenvalue weighted by Gasteiger charge is -2.32. The Morgan fingerprint density at radius 2 is 2.32 bits per heavy atom. The zero-order valence-corrected chi connectivity index (χ0v) is 11.8. The lowest BCUT2D eigenvalue weighted by molar-refractivity contribution is -0.0260.